The molecule has 8 heteroatoms. The van der Waals surface area contributed by atoms with E-state index in [9.17, 15) is 18.0 Å². The van der Waals surface area contributed by atoms with Crippen LogP contribution < -0.4 is 10.6 Å². The lowest BCUT2D eigenvalue weighted by Crippen LogP contribution is -2.47. The Morgan fingerprint density at radius 1 is 1.33 bits per heavy atom. The zero-order chi connectivity index (χ0) is 16.3. The number of carbonyl (C=O) groups excluding carboxylic acids is 2. The van der Waals surface area contributed by atoms with Crippen molar-refractivity contribution in [3.8, 4) is 0 Å². The summed E-state index contributed by atoms with van der Waals surface area (Å²) in [5.74, 6) is -0.113. The lowest BCUT2D eigenvalue weighted by molar-refractivity contribution is -0.122. The molecule has 1 fully saturated rings. The molecule has 2 N–H and O–H groups in total. The van der Waals surface area contributed by atoms with Crippen LogP contribution in [0.15, 0.2) is 0 Å². The number of hydrogen-bond acceptors (Lipinski definition) is 5. The first kappa shape index (κ1) is 17.7. The van der Waals surface area contributed by atoms with E-state index in [-0.39, 0.29) is 23.3 Å². The summed E-state index contributed by atoms with van der Waals surface area (Å²) in [6.07, 6.45) is -0.0927. The topological polar surface area (TPSA) is 102 Å². The molecule has 0 bridgehead atoms. The van der Waals surface area contributed by atoms with E-state index in [0.29, 0.717) is 13.0 Å². The van der Waals surface area contributed by atoms with Crippen LogP contribution in [0.1, 0.15) is 34.1 Å². The Morgan fingerprint density at radius 2 is 1.95 bits per heavy atom. The van der Waals surface area contributed by atoms with Crippen molar-refractivity contribution >= 4 is 21.8 Å². The summed E-state index contributed by atoms with van der Waals surface area (Å²) in [6, 6.07) is -0.738. The maximum Gasteiger partial charge on any atom is 0.408 e. The predicted molar refractivity (Wildman–Crippen MR) is 78.6 cm³/mol. The summed E-state index contributed by atoms with van der Waals surface area (Å²) in [6.45, 7) is 7.05. The summed E-state index contributed by atoms with van der Waals surface area (Å²) in [7, 11) is -2.94. The monoisotopic (exact) mass is 320 g/mol. The van der Waals surface area contributed by atoms with E-state index in [1.165, 1.54) is 0 Å². The third-order valence-electron chi connectivity index (χ3n) is 3.02. The minimum atomic E-state index is -2.94. The molecule has 122 valence electrons. The van der Waals surface area contributed by atoms with Gasteiger partial charge in [0.25, 0.3) is 0 Å². The average molecular weight is 320 g/mol. The van der Waals surface area contributed by atoms with Crippen LogP contribution in [0.5, 0.6) is 0 Å². The molecule has 21 heavy (non-hydrogen) atoms. The maximum absolute atomic E-state index is 11.8. The molecule has 1 heterocycles. The molecule has 2 amide bonds. The van der Waals surface area contributed by atoms with Gasteiger partial charge in [-0.3, -0.25) is 4.79 Å². The van der Waals surface area contributed by atoms with E-state index in [2.05, 4.69) is 10.6 Å². The number of hydrogen-bond donors (Lipinski definition) is 2. The van der Waals surface area contributed by atoms with E-state index in [1.54, 1.807) is 27.7 Å². The molecule has 1 aliphatic heterocycles. The van der Waals surface area contributed by atoms with Crippen molar-refractivity contribution in [1.29, 1.82) is 0 Å². The molecule has 0 radical (unpaired) electrons. The highest BCUT2D eigenvalue weighted by atomic mass is 32.2. The summed E-state index contributed by atoms with van der Waals surface area (Å²) in [5.41, 5.74) is -0.627. The molecule has 2 atom stereocenters. The highest BCUT2D eigenvalue weighted by Crippen LogP contribution is 2.17. The summed E-state index contributed by atoms with van der Waals surface area (Å²) in [4.78, 5) is 23.4. The molecule has 0 aromatic rings. The van der Waals surface area contributed by atoms with Gasteiger partial charge in [-0.2, -0.15) is 0 Å². The van der Waals surface area contributed by atoms with Gasteiger partial charge in [0.1, 0.15) is 11.6 Å². The Kier molecular flexibility index (Phi) is 5.61. The van der Waals surface area contributed by atoms with Crippen molar-refractivity contribution in [1.82, 2.24) is 10.6 Å². The van der Waals surface area contributed by atoms with E-state index < -0.39 is 27.6 Å². The van der Waals surface area contributed by atoms with Crippen LogP contribution in [0.4, 0.5) is 4.79 Å². The molecule has 1 rings (SSSR count). The second kappa shape index (κ2) is 6.64. The number of alkyl carbamates (subject to hydrolysis) is 1. The number of ether oxygens (including phenoxy) is 1. The van der Waals surface area contributed by atoms with Gasteiger partial charge >= 0.3 is 6.09 Å². The van der Waals surface area contributed by atoms with Crippen LogP contribution in [0.2, 0.25) is 0 Å². The van der Waals surface area contributed by atoms with Gasteiger partial charge in [0.05, 0.1) is 11.5 Å². The largest absolute Gasteiger partial charge is 0.444 e. The smallest absolute Gasteiger partial charge is 0.408 e. The van der Waals surface area contributed by atoms with Crippen molar-refractivity contribution < 1.29 is 22.7 Å². The molecule has 2 unspecified atom stereocenters. The van der Waals surface area contributed by atoms with E-state index >= 15 is 0 Å². The minimum absolute atomic E-state index is 0.0484. The first-order valence-corrected chi connectivity index (χ1v) is 8.78. The zero-order valence-corrected chi connectivity index (χ0v) is 13.7. The van der Waals surface area contributed by atoms with Crippen molar-refractivity contribution in [3.05, 3.63) is 0 Å². The first-order valence-electron chi connectivity index (χ1n) is 6.96. The summed E-state index contributed by atoms with van der Waals surface area (Å²) in [5, 5.41) is 5.09. The van der Waals surface area contributed by atoms with Crippen molar-refractivity contribution in [2.24, 2.45) is 5.92 Å². The van der Waals surface area contributed by atoms with Gasteiger partial charge in [0, 0.05) is 6.54 Å². The average Bonchev–Trinajstić information content (AvgIpc) is 2.63. The van der Waals surface area contributed by atoms with Gasteiger partial charge in [0.2, 0.25) is 5.91 Å². The van der Waals surface area contributed by atoms with E-state index in [4.69, 9.17) is 4.74 Å². The summed E-state index contributed by atoms with van der Waals surface area (Å²) >= 11 is 0. The Labute approximate surface area is 125 Å². The van der Waals surface area contributed by atoms with Gasteiger partial charge in [-0.25, -0.2) is 13.2 Å². The van der Waals surface area contributed by atoms with Crippen LogP contribution >= 0.6 is 0 Å². The lowest BCUT2D eigenvalue weighted by Gasteiger charge is -2.22. The molecular formula is C13H24N2O5S. The normalized spacial score (nSPS) is 22.4. The van der Waals surface area contributed by atoms with E-state index in [1.807, 2.05) is 0 Å². The quantitative estimate of drug-likeness (QED) is 0.783. The predicted octanol–water partition coefficient (Wildman–Crippen LogP) is 0.451. The fourth-order valence-corrected chi connectivity index (χ4v) is 3.84. The van der Waals surface area contributed by atoms with Crippen LogP contribution in [-0.4, -0.2) is 50.1 Å². The lowest BCUT2D eigenvalue weighted by atomic mass is 10.1. The Hall–Kier alpha value is -1.31. The third kappa shape index (κ3) is 6.79. The van der Waals surface area contributed by atoms with Crippen LogP contribution in [0.3, 0.4) is 0 Å². The minimum Gasteiger partial charge on any atom is -0.444 e. The molecule has 7 nitrogen and oxygen atoms in total. The molecule has 1 aliphatic rings. The second-order valence-electron chi connectivity index (χ2n) is 6.38. The number of nitrogens with one attached hydrogen (secondary N) is 2. The zero-order valence-electron chi connectivity index (χ0n) is 12.9. The van der Waals surface area contributed by atoms with Crippen LogP contribution in [0, 0.1) is 5.92 Å². The molecule has 0 spiro atoms. The van der Waals surface area contributed by atoms with Crippen molar-refractivity contribution in [2.75, 3.05) is 18.1 Å². The SMILES string of the molecule is CC(NC(=O)OC(C)(C)C)C(=O)NCC1CCS(=O)(=O)C1. The molecule has 0 aliphatic carbocycles. The maximum atomic E-state index is 11.8. The Morgan fingerprint density at radius 3 is 2.43 bits per heavy atom. The highest BCUT2D eigenvalue weighted by Gasteiger charge is 2.28. The first-order chi connectivity index (χ1) is 9.48. The number of sulfone groups is 1. The number of carbonyl (C=O) groups is 2. The van der Waals surface area contributed by atoms with Gasteiger partial charge in [-0.05, 0) is 40.0 Å². The molecule has 1 saturated heterocycles. The number of amides is 2. The van der Waals surface area contributed by atoms with Gasteiger partial charge < -0.3 is 15.4 Å². The Balaban J connectivity index is 2.33. The molecule has 0 saturated carbocycles. The van der Waals surface area contributed by atoms with Crippen LogP contribution in [0.25, 0.3) is 0 Å². The van der Waals surface area contributed by atoms with E-state index in [0.717, 1.165) is 0 Å². The van der Waals surface area contributed by atoms with Crippen molar-refractivity contribution in [2.45, 2.75) is 45.8 Å². The third-order valence-corrected chi connectivity index (χ3v) is 4.86. The van der Waals surface area contributed by atoms with Crippen LogP contribution in [-0.2, 0) is 19.4 Å². The molecular weight excluding hydrogens is 296 g/mol. The summed E-state index contributed by atoms with van der Waals surface area (Å²) < 4.78 is 27.7. The van der Waals surface area contributed by atoms with Gasteiger partial charge in [0.15, 0.2) is 9.84 Å². The fraction of sp³-hybridized carbons (Fsp3) is 0.846. The van der Waals surface area contributed by atoms with Crippen molar-refractivity contribution in [3.63, 3.8) is 0 Å². The fourth-order valence-electron chi connectivity index (χ4n) is 1.98. The number of rotatable bonds is 4. The second-order valence-corrected chi connectivity index (χ2v) is 8.61. The highest BCUT2D eigenvalue weighted by molar-refractivity contribution is 7.91. The van der Waals surface area contributed by atoms with Gasteiger partial charge in [-0.15, -0.1) is 0 Å². The molecule has 0 aromatic carbocycles. The Bertz CT molecular complexity index is 495. The standard InChI is InChI=1S/C13H24N2O5S/c1-9(15-12(17)20-13(2,3)4)11(16)14-7-10-5-6-21(18,19)8-10/h9-10H,5-8H2,1-4H3,(H,14,16)(H,15,17). The molecule has 0 aromatic heterocycles. The van der Waals surface area contributed by atoms with Gasteiger partial charge in [-0.1, -0.05) is 0 Å².